The first kappa shape index (κ1) is 24.9. The molecule has 2 heterocycles. The molecule has 6 aromatic carbocycles. The number of nitrogens with zero attached hydrogens (tertiary/aromatic N) is 3. The lowest BCUT2D eigenvalue weighted by Gasteiger charge is -2.10. The number of rotatable bonds is 5. The summed E-state index contributed by atoms with van der Waals surface area (Å²) in [6, 6.07) is 51.8. The van der Waals surface area contributed by atoms with E-state index in [9.17, 15) is 0 Å². The lowest BCUT2D eigenvalue weighted by atomic mass is 9.98. The molecule has 4 heteroatoms. The van der Waals surface area contributed by atoms with Gasteiger partial charge in [0.2, 0.25) is 0 Å². The summed E-state index contributed by atoms with van der Waals surface area (Å²) < 4.78 is 6.06. The van der Waals surface area contributed by atoms with Crippen molar-refractivity contribution in [1.82, 2.24) is 15.0 Å². The molecule has 0 aliphatic heterocycles. The third-order valence-corrected chi connectivity index (χ3v) is 7.75. The molecule has 43 heavy (non-hydrogen) atoms. The summed E-state index contributed by atoms with van der Waals surface area (Å²) in [7, 11) is 0. The number of fused-ring (bicyclic) bond motifs is 3. The molecule has 0 N–H and O–H groups in total. The van der Waals surface area contributed by atoms with Crippen LogP contribution >= 0.6 is 0 Å². The summed E-state index contributed by atoms with van der Waals surface area (Å²) in [4.78, 5) is 14.8. The molecule has 0 fully saturated rings. The Hall–Kier alpha value is -5.87. The predicted octanol–water partition coefficient (Wildman–Crippen LogP) is 10.1. The van der Waals surface area contributed by atoms with Crippen LogP contribution in [0.1, 0.15) is 0 Å². The second kappa shape index (κ2) is 10.5. The first-order chi connectivity index (χ1) is 21.3. The van der Waals surface area contributed by atoms with Crippen molar-refractivity contribution in [2.24, 2.45) is 0 Å². The fraction of sp³-hybridized carbons (Fsp3) is 0. The van der Waals surface area contributed by atoms with E-state index in [4.69, 9.17) is 19.4 Å². The fourth-order valence-corrected chi connectivity index (χ4v) is 5.54. The van der Waals surface area contributed by atoms with Gasteiger partial charge in [-0.1, -0.05) is 121 Å². The van der Waals surface area contributed by atoms with Crippen molar-refractivity contribution in [2.75, 3.05) is 0 Å². The van der Waals surface area contributed by atoms with Crippen LogP contribution in [0.5, 0.6) is 0 Å². The van der Waals surface area contributed by atoms with Crippen LogP contribution in [0, 0.1) is 0 Å². The number of aromatic nitrogens is 3. The van der Waals surface area contributed by atoms with Crippen LogP contribution < -0.4 is 0 Å². The quantitative estimate of drug-likeness (QED) is 0.214. The van der Waals surface area contributed by atoms with Gasteiger partial charge in [-0.2, -0.15) is 0 Å². The van der Waals surface area contributed by atoms with Gasteiger partial charge < -0.3 is 4.42 Å². The Labute approximate surface area is 249 Å². The molecule has 0 spiro atoms. The number of furan rings is 1. The molecule has 0 unspecified atom stereocenters. The molecule has 4 nitrogen and oxygen atoms in total. The van der Waals surface area contributed by atoms with Crippen molar-refractivity contribution in [3.8, 4) is 56.4 Å². The number of hydrogen-bond donors (Lipinski definition) is 0. The molecule has 0 aliphatic carbocycles. The van der Waals surface area contributed by atoms with Gasteiger partial charge in [0.25, 0.3) is 0 Å². The maximum Gasteiger partial charge on any atom is 0.164 e. The summed E-state index contributed by atoms with van der Waals surface area (Å²) >= 11 is 0. The Morgan fingerprint density at radius 2 is 0.767 bits per heavy atom. The lowest BCUT2D eigenvalue weighted by molar-refractivity contribution is 0.669. The molecular weight excluding hydrogens is 526 g/mol. The van der Waals surface area contributed by atoms with E-state index in [0.29, 0.717) is 17.5 Å². The van der Waals surface area contributed by atoms with Gasteiger partial charge in [-0.15, -0.1) is 0 Å². The predicted molar refractivity (Wildman–Crippen MR) is 174 cm³/mol. The zero-order valence-electron chi connectivity index (χ0n) is 23.2. The van der Waals surface area contributed by atoms with Crippen molar-refractivity contribution in [3.05, 3.63) is 152 Å². The molecule has 202 valence electrons. The SMILES string of the molecule is c1ccc(-c2cccc(-c3ccc(-c4nc(-c5ccccc5)nc(-c5ccc6oc7ccccc7c6c5)n4)cc3)c2)cc1. The van der Waals surface area contributed by atoms with Gasteiger partial charge in [0.1, 0.15) is 11.2 Å². The summed E-state index contributed by atoms with van der Waals surface area (Å²) in [6.45, 7) is 0. The molecular formula is C39H25N3O. The Morgan fingerprint density at radius 1 is 0.302 bits per heavy atom. The molecule has 0 aliphatic rings. The Morgan fingerprint density at radius 3 is 1.47 bits per heavy atom. The molecule has 0 bridgehead atoms. The van der Waals surface area contributed by atoms with E-state index in [2.05, 4.69) is 84.9 Å². The first-order valence-electron chi connectivity index (χ1n) is 14.3. The second-order valence-corrected chi connectivity index (χ2v) is 10.5. The summed E-state index contributed by atoms with van der Waals surface area (Å²) in [5.74, 6) is 1.89. The average molecular weight is 552 g/mol. The van der Waals surface area contributed by atoms with Crippen LogP contribution in [0.15, 0.2) is 156 Å². The van der Waals surface area contributed by atoms with E-state index in [1.54, 1.807) is 0 Å². The second-order valence-electron chi connectivity index (χ2n) is 10.5. The topological polar surface area (TPSA) is 51.8 Å². The van der Waals surface area contributed by atoms with Crippen molar-refractivity contribution in [1.29, 1.82) is 0 Å². The molecule has 8 rings (SSSR count). The standard InChI is InChI=1S/C39H25N3O/c1-3-10-26(11-4-1)30-14-9-15-31(24-30)27-18-20-29(21-19-27)38-40-37(28-12-5-2-6-13-28)41-39(42-38)32-22-23-36-34(25-32)33-16-7-8-17-35(33)43-36/h1-25H. The normalized spacial score (nSPS) is 11.3. The van der Waals surface area contributed by atoms with Gasteiger partial charge in [-0.05, 0) is 52.6 Å². The Kier molecular flexibility index (Phi) is 6.08. The summed E-state index contributed by atoms with van der Waals surface area (Å²) in [5, 5.41) is 2.11. The molecule has 0 saturated heterocycles. The molecule has 8 aromatic rings. The van der Waals surface area contributed by atoms with Crippen LogP contribution in [0.4, 0.5) is 0 Å². The van der Waals surface area contributed by atoms with Crippen LogP contribution in [0.2, 0.25) is 0 Å². The zero-order chi connectivity index (χ0) is 28.6. The molecule has 0 amide bonds. The maximum absolute atomic E-state index is 6.06. The zero-order valence-corrected chi connectivity index (χ0v) is 23.2. The van der Waals surface area contributed by atoms with Crippen molar-refractivity contribution >= 4 is 21.9 Å². The summed E-state index contributed by atoms with van der Waals surface area (Å²) in [5.41, 5.74) is 9.18. The van der Waals surface area contributed by atoms with Crippen LogP contribution in [0.25, 0.3) is 78.4 Å². The minimum absolute atomic E-state index is 0.621. The fourth-order valence-electron chi connectivity index (χ4n) is 5.54. The highest BCUT2D eigenvalue weighted by molar-refractivity contribution is 6.06. The smallest absolute Gasteiger partial charge is 0.164 e. The van der Waals surface area contributed by atoms with Gasteiger partial charge in [-0.3, -0.25) is 0 Å². The lowest BCUT2D eigenvalue weighted by Crippen LogP contribution is -2.00. The van der Waals surface area contributed by atoms with Crippen LogP contribution in [-0.4, -0.2) is 15.0 Å². The molecule has 0 radical (unpaired) electrons. The highest BCUT2D eigenvalue weighted by atomic mass is 16.3. The molecule has 0 atom stereocenters. The van der Waals surface area contributed by atoms with E-state index in [-0.39, 0.29) is 0 Å². The van der Waals surface area contributed by atoms with E-state index in [1.807, 2.05) is 66.7 Å². The number of para-hydroxylation sites is 1. The average Bonchev–Trinajstić information content (AvgIpc) is 3.47. The summed E-state index contributed by atoms with van der Waals surface area (Å²) in [6.07, 6.45) is 0. The van der Waals surface area contributed by atoms with Crippen LogP contribution in [0.3, 0.4) is 0 Å². The van der Waals surface area contributed by atoms with Gasteiger partial charge in [-0.25, -0.2) is 15.0 Å². The van der Waals surface area contributed by atoms with Gasteiger partial charge in [0.05, 0.1) is 0 Å². The van der Waals surface area contributed by atoms with E-state index in [1.165, 1.54) is 11.1 Å². The van der Waals surface area contributed by atoms with Gasteiger partial charge in [0.15, 0.2) is 17.5 Å². The monoisotopic (exact) mass is 551 g/mol. The van der Waals surface area contributed by atoms with E-state index >= 15 is 0 Å². The highest BCUT2D eigenvalue weighted by Gasteiger charge is 2.15. The number of hydrogen-bond acceptors (Lipinski definition) is 4. The van der Waals surface area contributed by atoms with Crippen molar-refractivity contribution in [3.63, 3.8) is 0 Å². The third kappa shape index (κ3) is 4.75. The Balaban J connectivity index is 1.21. The Bertz CT molecular complexity index is 2220. The highest BCUT2D eigenvalue weighted by Crippen LogP contribution is 2.33. The van der Waals surface area contributed by atoms with E-state index in [0.717, 1.165) is 49.8 Å². The number of benzene rings is 6. The maximum atomic E-state index is 6.06. The van der Waals surface area contributed by atoms with Crippen molar-refractivity contribution in [2.45, 2.75) is 0 Å². The first-order valence-corrected chi connectivity index (χ1v) is 14.3. The minimum atomic E-state index is 0.621. The molecule has 2 aromatic heterocycles. The van der Waals surface area contributed by atoms with Gasteiger partial charge in [0, 0.05) is 27.5 Å². The van der Waals surface area contributed by atoms with Gasteiger partial charge >= 0.3 is 0 Å². The molecule has 0 saturated carbocycles. The third-order valence-electron chi connectivity index (χ3n) is 7.75. The van der Waals surface area contributed by atoms with Crippen molar-refractivity contribution < 1.29 is 4.42 Å². The minimum Gasteiger partial charge on any atom is -0.456 e. The van der Waals surface area contributed by atoms with E-state index < -0.39 is 0 Å². The largest absolute Gasteiger partial charge is 0.456 e. The van der Waals surface area contributed by atoms with Crippen LogP contribution in [-0.2, 0) is 0 Å².